The fourth-order valence-corrected chi connectivity index (χ4v) is 2.41. The Morgan fingerprint density at radius 3 is 2.05 bits per heavy atom. The van der Waals surface area contributed by atoms with E-state index in [1.54, 1.807) is 23.9 Å². The number of carbonyl (C=O) groups is 1. The number of rotatable bonds is 6. The van der Waals surface area contributed by atoms with Gasteiger partial charge >= 0.3 is 0 Å². The Kier molecular flexibility index (Phi) is 5.59. The average Bonchev–Trinajstić information content (AvgIpc) is 2.51. The summed E-state index contributed by atoms with van der Waals surface area (Å²) >= 11 is 1.58. The predicted molar refractivity (Wildman–Crippen MR) is 82.0 cm³/mol. The van der Waals surface area contributed by atoms with Crippen molar-refractivity contribution in [2.45, 2.75) is 9.79 Å². The number of anilines is 2. The maximum atomic E-state index is 11.2. The van der Waals surface area contributed by atoms with E-state index in [0.717, 1.165) is 15.5 Å². The van der Waals surface area contributed by atoms with Crippen LogP contribution < -0.4 is 16.5 Å². The summed E-state index contributed by atoms with van der Waals surface area (Å²) < 4.78 is 0. The molecule has 0 unspecified atom stereocenters. The number of nitrogens with two attached hydrogens (primary N) is 1. The molecule has 0 saturated heterocycles. The van der Waals surface area contributed by atoms with E-state index in [1.807, 2.05) is 36.4 Å². The van der Waals surface area contributed by atoms with Crippen LogP contribution in [-0.2, 0) is 9.78 Å². The molecule has 0 fully saturated rings. The lowest BCUT2D eigenvalue weighted by Crippen LogP contribution is -2.21. The van der Waals surface area contributed by atoms with Crippen LogP contribution in [0, 0.1) is 0 Å². The minimum atomic E-state index is -0.218. The van der Waals surface area contributed by atoms with Crippen LogP contribution in [0.4, 0.5) is 11.4 Å². The van der Waals surface area contributed by atoms with Gasteiger partial charge in [-0.15, -0.1) is 4.99 Å². The zero-order valence-corrected chi connectivity index (χ0v) is 11.9. The van der Waals surface area contributed by atoms with Gasteiger partial charge in [-0.3, -0.25) is 4.79 Å². The molecule has 1 amide bonds. The second kappa shape index (κ2) is 7.65. The van der Waals surface area contributed by atoms with Gasteiger partial charge in [-0.2, -0.15) is 0 Å². The number of hydrogen-bond acceptors (Lipinski definition) is 6. The number of carbonyl (C=O) groups excluding carboxylic acids is 1. The quantitative estimate of drug-likeness (QED) is 0.484. The molecule has 2 aromatic rings. The standard InChI is InChI=1S/C14H15N3O3S/c15-9-14(18)16-10-1-5-12(6-2-10)21-13-7-3-11(4-8-13)17-20-19/h1-8,17,19H,9,15H2,(H,16,18). The molecule has 21 heavy (non-hydrogen) atoms. The van der Waals surface area contributed by atoms with Crippen molar-refractivity contribution >= 4 is 29.0 Å². The van der Waals surface area contributed by atoms with Crippen molar-refractivity contribution in [2.75, 3.05) is 17.3 Å². The van der Waals surface area contributed by atoms with E-state index in [4.69, 9.17) is 11.0 Å². The highest BCUT2D eigenvalue weighted by atomic mass is 32.2. The molecule has 0 saturated carbocycles. The van der Waals surface area contributed by atoms with Crippen LogP contribution in [0.5, 0.6) is 0 Å². The summed E-state index contributed by atoms with van der Waals surface area (Å²) in [7, 11) is 0. The van der Waals surface area contributed by atoms with Gasteiger partial charge in [0.2, 0.25) is 5.91 Å². The molecule has 2 rings (SSSR count). The normalized spacial score (nSPS) is 10.2. The van der Waals surface area contributed by atoms with E-state index in [1.165, 1.54) is 0 Å². The van der Waals surface area contributed by atoms with E-state index >= 15 is 0 Å². The first-order chi connectivity index (χ1) is 10.2. The Balaban J connectivity index is 1.97. The van der Waals surface area contributed by atoms with E-state index < -0.39 is 0 Å². The van der Waals surface area contributed by atoms with Crippen LogP contribution in [0.15, 0.2) is 58.3 Å². The molecule has 0 radical (unpaired) electrons. The topological polar surface area (TPSA) is 96.6 Å². The SMILES string of the molecule is NCC(=O)Nc1ccc(Sc2ccc(NOO)cc2)cc1. The zero-order chi connectivity index (χ0) is 15.1. The maximum Gasteiger partial charge on any atom is 0.238 e. The lowest BCUT2D eigenvalue weighted by atomic mass is 10.3. The Morgan fingerprint density at radius 2 is 1.57 bits per heavy atom. The fourth-order valence-electron chi connectivity index (χ4n) is 1.60. The molecule has 0 aliphatic rings. The molecule has 0 aliphatic carbocycles. The molecule has 0 atom stereocenters. The van der Waals surface area contributed by atoms with Crippen molar-refractivity contribution in [2.24, 2.45) is 5.73 Å². The first-order valence-corrected chi connectivity index (χ1v) is 6.97. The highest BCUT2D eigenvalue weighted by Crippen LogP contribution is 2.29. The van der Waals surface area contributed by atoms with Crippen molar-refractivity contribution in [3.05, 3.63) is 48.5 Å². The smallest absolute Gasteiger partial charge is 0.238 e. The fraction of sp³-hybridized carbons (Fsp3) is 0.0714. The third kappa shape index (κ3) is 4.76. The van der Waals surface area contributed by atoms with Crippen molar-refractivity contribution in [1.29, 1.82) is 0 Å². The third-order valence-corrected chi connectivity index (χ3v) is 3.59. The lowest BCUT2D eigenvalue weighted by Gasteiger charge is -2.06. The molecule has 2 aromatic carbocycles. The summed E-state index contributed by atoms with van der Waals surface area (Å²) in [5.41, 5.74) is 8.94. The maximum absolute atomic E-state index is 11.2. The van der Waals surface area contributed by atoms with Crippen molar-refractivity contribution in [3.8, 4) is 0 Å². The first kappa shape index (κ1) is 15.3. The van der Waals surface area contributed by atoms with Gasteiger partial charge in [0, 0.05) is 15.5 Å². The lowest BCUT2D eigenvalue weighted by molar-refractivity contribution is -0.215. The number of hydrogen-bond donors (Lipinski definition) is 4. The van der Waals surface area contributed by atoms with Gasteiger partial charge in [-0.05, 0) is 48.5 Å². The number of benzene rings is 2. The molecule has 110 valence electrons. The largest absolute Gasteiger partial charge is 0.325 e. The van der Waals surface area contributed by atoms with Gasteiger partial charge < -0.3 is 11.1 Å². The Bertz CT molecular complexity index is 587. The molecule has 6 nitrogen and oxygen atoms in total. The van der Waals surface area contributed by atoms with Gasteiger partial charge in [0.25, 0.3) is 0 Å². The van der Waals surface area contributed by atoms with Crippen molar-refractivity contribution < 1.29 is 15.0 Å². The molecule has 0 heterocycles. The van der Waals surface area contributed by atoms with Gasteiger partial charge in [-0.25, -0.2) is 10.7 Å². The highest BCUT2D eigenvalue weighted by Gasteiger charge is 2.01. The molecule has 7 heteroatoms. The zero-order valence-electron chi connectivity index (χ0n) is 11.1. The second-order valence-corrected chi connectivity index (χ2v) is 5.24. The Morgan fingerprint density at radius 1 is 1.05 bits per heavy atom. The Hall–Kier alpha value is -2.06. The van der Waals surface area contributed by atoms with E-state index in [0.29, 0.717) is 5.69 Å². The van der Waals surface area contributed by atoms with Gasteiger partial charge in [0.1, 0.15) is 0 Å². The summed E-state index contributed by atoms with van der Waals surface area (Å²) in [4.78, 5) is 17.1. The second-order valence-electron chi connectivity index (χ2n) is 4.10. The predicted octanol–water partition coefficient (Wildman–Crippen LogP) is 2.55. The van der Waals surface area contributed by atoms with Gasteiger partial charge in [0.15, 0.2) is 0 Å². The number of nitrogens with one attached hydrogen (secondary N) is 2. The van der Waals surface area contributed by atoms with E-state index in [2.05, 4.69) is 15.8 Å². The summed E-state index contributed by atoms with van der Waals surface area (Å²) in [5.74, 6) is -0.218. The monoisotopic (exact) mass is 305 g/mol. The minimum absolute atomic E-state index is 0.0333. The molecular weight excluding hydrogens is 290 g/mol. The highest BCUT2D eigenvalue weighted by molar-refractivity contribution is 7.99. The minimum Gasteiger partial charge on any atom is -0.325 e. The van der Waals surface area contributed by atoms with Crippen LogP contribution in [0.25, 0.3) is 0 Å². The summed E-state index contributed by atoms with van der Waals surface area (Å²) in [6.07, 6.45) is 0. The molecular formula is C14H15N3O3S. The van der Waals surface area contributed by atoms with Crippen LogP contribution in [-0.4, -0.2) is 17.7 Å². The molecule has 5 N–H and O–H groups in total. The van der Waals surface area contributed by atoms with E-state index in [9.17, 15) is 4.79 Å². The van der Waals surface area contributed by atoms with Crippen LogP contribution in [0.2, 0.25) is 0 Å². The number of amides is 1. The average molecular weight is 305 g/mol. The molecule has 0 aromatic heterocycles. The van der Waals surface area contributed by atoms with Gasteiger partial charge in [0.05, 0.1) is 12.2 Å². The molecule has 0 bridgehead atoms. The van der Waals surface area contributed by atoms with Crippen molar-refractivity contribution in [1.82, 2.24) is 0 Å². The Labute approximate surface area is 126 Å². The summed E-state index contributed by atoms with van der Waals surface area (Å²) in [5, 5.41) is 11.0. The third-order valence-electron chi connectivity index (χ3n) is 2.58. The molecule has 0 spiro atoms. The molecule has 0 aliphatic heterocycles. The van der Waals surface area contributed by atoms with Gasteiger partial charge in [-0.1, -0.05) is 11.8 Å². The van der Waals surface area contributed by atoms with Crippen molar-refractivity contribution in [3.63, 3.8) is 0 Å². The first-order valence-electron chi connectivity index (χ1n) is 6.15. The summed E-state index contributed by atoms with van der Waals surface area (Å²) in [6, 6.07) is 14.9. The summed E-state index contributed by atoms with van der Waals surface area (Å²) in [6.45, 7) is -0.0333. The van der Waals surface area contributed by atoms with Crippen LogP contribution >= 0.6 is 11.8 Å². The van der Waals surface area contributed by atoms with E-state index in [-0.39, 0.29) is 12.5 Å². The van der Waals surface area contributed by atoms with Crippen LogP contribution in [0.1, 0.15) is 0 Å². The van der Waals surface area contributed by atoms with Crippen LogP contribution in [0.3, 0.4) is 0 Å².